The minimum atomic E-state index is -0.366. The Hall–Kier alpha value is -1.92. The Bertz CT molecular complexity index is 772. The lowest BCUT2D eigenvalue weighted by Crippen LogP contribution is -2.42. The smallest absolute Gasteiger partial charge is 0.339 e. The van der Waals surface area contributed by atoms with E-state index in [1.165, 1.54) is 17.6 Å². The van der Waals surface area contributed by atoms with Crippen molar-refractivity contribution in [2.24, 2.45) is 0 Å². The Kier molecular flexibility index (Phi) is 5.71. The summed E-state index contributed by atoms with van der Waals surface area (Å²) in [5.74, 6) is -0.366. The second-order valence-corrected chi connectivity index (χ2v) is 7.40. The minimum Gasteiger partial charge on any atom is -0.465 e. The zero-order valence-electron chi connectivity index (χ0n) is 14.5. The summed E-state index contributed by atoms with van der Waals surface area (Å²) in [6.07, 6.45) is 3.16. The predicted octanol–water partition coefficient (Wildman–Crippen LogP) is 4.63. The number of para-hydroxylation sites is 1. The average molecular weight is 375 g/mol. The van der Waals surface area contributed by atoms with Gasteiger partial charge in [0.1, 0.15) is 0 Å². The van der Waals surface area contributed by atoms with Crippen molar-refractivity contribution < 1.29 is 9.53 Å². The number of thiophene rings is 1. The molecule has 0 spiro atoms. The zero-order valence-corrected chi connectivity index (χ0v) is 16.1. The van der Waals surface area contributed by atoms with Gasteiger partial charge in [0, 0.05) is 11.4 Å². The van der Waals surface area contributed by atoms with Gasteiger partial charge in [0.2, 0.25) is 0 Å². The molecule has 25 heavy (non-hydrogen) atoms. The number of ether oxygens (including phenoxy) is 1. The molecule has 1 aromatic heterocycles. The molecule has 1 aliphatic heterocycles. The van der Waals surface area contributed by atoms with E-state index in [-0.39, 0.29) is 5.97 Å². The monoisotopic (exact) mass is 374 g/mol. The first-order valence-electron chi connectivity index (χ1n) is 8.47. The van der Waals surface area contributed by atoms with E-state index < -0.39 is 0 Å². The van der Waals surface area contributed by atoms with E-state index in [1.54, 1.807) is 6.07 Å². The van der Waals surface area contributed by atoms with Crippen LogP contribution in [0.15, 0.2) is 35.7 Å². The van der Waals surface area contributed by atoms with Gasteiger partial charge < -0.3 is 15.0 Å². The standard InChI is InChI=1S/C19H22N2O2S2/c1-3-6-16-14-10-12-25-17(14)9-11-21(16)19(24)20-15-8-5-4-7-13(15)18(22)23-2/h4-5,7-8,10,12,16H,3,6,9,11H2,1-2H3,(H,20,24)/t16-/m1/s1. The number of esters is 1. The van der Waals surface area contributed by atoms with Gasteiger partial charge in [0.05, 0.1) is 24.4 Å². The van der Waals surface area contributed by atoms with E-state index in [9.17, 15) is 4.79 Å². The topological polar surface area (TPSA) is 41.6 Å². The average Bonchev–Trinajstić information content (AvgIpc) is 3.11. The Balaban J connectivity index is 1.83. The van der Waals surface area contributed by atoms with Crippen LogP contribution in [0, 0.1) is 0 Å². The SMILES string of the molecule is CCC[C@@H]1c2ccsc2CCN1C(=S)Nc1ccccc1C(=O)OC. The number of hydrogen-bond acceptors (Lipinski definition) is 4. The molecule has 0 bridgehead atoms. The summed E-state index contributed by atoms with van der Waals surface area (Å²) in [5, 5.41) is 6.09. The highest BCUT2D eigenvalue weighted by Crippen LogP contribution is 2.36. The van der Waals surface area contributed by atoms with Gasteiger partial charge in [-0.25, -0.2) is 4.79 Å². The maximum Gasteiger partial charge on any atom is 0.339 e. The van der Waals surface area contributed by atoms with E-state index in [2.05, 4.69) is 28.6 Å². The number of thiocarbonyl (C=S) groups is 1. The van der Waals surface area contributed by atoms with Crippen LogP contribution in [0.25, 0.3) is 0 Å². The lowest BCUT2D eigenvalue weighted by Gasteiger charge is -2.38. The fourth-order valence-corrected chi connectivity index (χ4v) is 4.55. The van der Waals surface area contributed by atoms with Crippen LogP contribution in [-0.2, 0) is 11.2 Å². The molecule has 1 aliphatic rings. The van der Waals surface area contributed by atoms with E-state index in [0.717, 1.165) is 25.8 Å². The molecule has 3 rings (SSSR count). The third kappa shape index (κ3) is 3.70. The summed E-state index contributed by atoms with van der Waals surface area (Å²) in [5.41, 5.74) is 2.57. The molecule has 1 N–H and O–H groups in total. The van der Waals surface area contributed by atoms with E-state index in [0.29, 0.717) is 22.4 Å². The Morgan fingerprint density at radius 2 is 2.20 bits per heavy atom. The van der Waals surface area contributed by atoms with Crippen molar-refractivity contribution in [2.45, 2.75) is 32.2 Å². The third-order valence-corrected chi connectivity index (χ3v) is 5.82. The molecule has 6 heteroatoms. The lowest BCUT2D eigenvalue weighted by molar-refractivity contribution is 0.0602. The van der Waals surface area contributed by atoms with Gasteiger partial charge in [-0.15, -0.1) is 11.3 Å². The largest absolute Gasteiger partial charge is 0.465 e. The number of nitrogens with one attached hydrogen (secondary N) is 1. The van der Waals surface area contributed by atoms with Crippen molar-refractivity contribution in [3.8, 4) is 0 Å². The van der Waals surface area contributed by atoms with Gasteiger partial charge >= 0.3 is 5.97 Å². The predicted molar refractivity (Wildman–Crippen MR) is 106 cm³/mol. The first-order valence-corrected chi connectivity index (χ1v) is 9.75. The Morgan fingerprint density at radius 1 is 1.40 bits per heavy atom. The zero-order chi connectivity index (χ0) is 17.8. The van der Waals surface area contributed by atoms with Crippen LogP contribution in [0.1, 0.15) is 46.6 Å². The fraction of sp³-hybridized carbons (Fsp3) is 0.368. The summed E-state index contributed by atoms with van der Waals surface area (Å²) in [4.78, 5) is 15.7. The Morgan fingerprint density at radius 3 is 2.96 bits per heavy atom. The highest BCUT2D eigenvalue weighted by Gasteiger charge is 2.29. The molecule has 4 nitrogen and oxygen atoms in total. The third-order valence-electron chi connectivity index (χ3n) is 4.49. The number of nitrogens with zero attached hydrogens (tertiary/aromatic N) is 1. The van der Waals surface area contributed by atoms with E-state index in [1.807, 2.05) is 29.5 Å². The van der Waals surface area contributed by atoms with Gasteiger partial charge in [-0.1, -0.05) is 25.5 Å². The highest BCUT2D eigenvalue weighted by molar-refractivity contribution is 7.80. The van der Waals surface area contributed by atoms with E-state index >= 15 is 0 Å². The molecular formula is C19H22N2O2S2. The lowest BCUT2D eigenvalue weighted by atomic mass is 9.96. The molecule has 0 fully saturated rings. The molecule has 1 atom stereocenters. The number of carbonyl (C=O) groups is 1. The van der Waals surface area contributed by atoms with Crippen molar-refractivity contribution in [3.63, 3.8) is 0 Å². The summed E-state index contributed by atoms with van der Waals surface area (Å²) in [6.45, 7) is 3.09. The molecular weight excluding hydrogens is 352 g/mol. The van der Waals surface area contributed by atoms with Crippen LogP contribution in [-0.4, -0.2) is 29.6 Å². The first-order chi connectivity index (χ1) is 12.2. The molecule has 0 unspecified atom stereocenters. The number of benzene rings is 1. The van der Waals surface area contributed by atoms with Crippen LogP contribution < -0.4 is 5.32 Å². The molecule has 2 heterocycles. The van der Waals surface area contributed by atoms with Gasteiger partial charge in [0.15, 0.2) is 5.11 Å². The minimum absolute atomic E-state index is 0.297. The molecule has 0 aliphatic carbocycles. The van der Waals surface area contributed by atoms with Gasteiger partial charge in [-0.05, 0) is 54.2 Å². The van der Waals surface area contributed by atoms with Crippen molar-refractivity contribution in [1.29, 1.82) is 0 Å². The quantitative estimate of drug-likeness (QED) is 0.624. The first kappa shape index (κ1) is 17.9. The van der Waals surface area contributed by atoms with E-state index in [4.69, 9.17) is 17.0 Å². The number of rotatable bonds is 4. The summed E-state index contributed by atoms with van der Waals surface area (Å²) in [7, 11) is 1.39. The van der Waals surface area contributed by atoms with Gasteiger partial charge in [-0.3, -0.25) is 0 Å². The number of fused-ring (bicyclic) bond motifs is 1. The van der Waals surface area contributed by atoms with Crippen LogP contribution in [0.2, 0.25) is 0 Å². The molecule has 1 aromatic carbocycles. The van der Waals surface area contributed by atoms with Crippen LogP contribution in [0.5, 0.6) is 0 Å². The maximum absolute atomic E-state index is 12.0. The number of methoxy groups -OCH3 is 1. The molecule has 0 radical (unpaired) electrons. The number of hydrogen-bond donors (Lipinski definition) is 1. The molecule has 0 saturated carbocycles. The normalized spacial score (nSPS) is 16.2. The highest BCUT2D eigenvalue weighted by atomic mass is 32.1. The van der Waals surface area contributed by atoms with Crippen molar-refractivity contribution >= 4 is 40.3 Å². The number of carbonyl (C=O) groups excluding carboxylic acids is 1. The van der Waals surface area contributed by atoms with Gasteiger partial charge in [0.25, 0.3) is 0 Å². The summed E-state index contributed by atoms with van der Waals surface area (Å²) in [6, 6.07) is 9.82. The molecule has 2 aromatic rings. The van der Waals surface area contributed by atoms with Crippen molar-refractivity contribution in [3.05, 3.63) is 51.7 Å². The summed E-state index contributed by atoms with van der Waals surface area (Å²) >= 11 is 7.53. The van der Waals surface area contributed by atoms with Crippen molar-refractivity contribution in [1.82, 2.24) is 4.90 Å². The Labute approximate surface area is 157 Å². The fourth-order valence-electron chi connectivity index (χ4n) is 3.29. The second-order valence-electron chi connectivity index (χ2n) is 6.01. The molecule has 0 saturated heterocycles. The second kappa shape index (κ2) is 7.97. The summed E-state index contributed by atoms with van der Waals surface area (Å²) < 4.78 is 4.87. The van der Waals surface area contributed by atoms with Crippen LogP contribution >= 0.6 is 23.6 Å². The van der Waals surface area contributed by atoms with Gasteiger partial charge in [-0.2, -0.15) is 0 Å². The molecule has 0 amide bonds. The maximum atomic E-state index is 12.0. The van der Waals surface area contributed by atoms with Crippen LogP contribution in [0.4, 0.5) is 5.69 Å². The van der Waals surface area contributed by atoms with Crippen LogP contribution in [0.3, 0.4) is 0 Å². The molecule has 132 valence electrons. The van der Waals surface area contributed by atoms with Crippen molar-refractivity contribution in [2.75, 3.05) is 19.0 Å². The number of anilines is 1.